The van der Waals surface area contributed by atoms with Crippen LogP contribution in [0.25, 0.3) is 10.8 Å². The van der Waals surface area contributed by atoms with Crippen LogP contribution in [0, 0.1) is 6.92 Å². The minimum absolute atomic E-state index is 0.219. The van der Waals surface area contributed by atoms with E-state index in [-0.39, 0.29) is 18.4 Å². The Labute approximate surface area is 202 Å². The summed E-state index contributed by atoms with van der Waals surface area (Å²) in [5.41, 5.74) is 5.13. The van der Waals surface area contributed by atoms with E-state index in [0.717, 1.165) is 29.5 Å². The Hall–Kier alpha value is -3.83. The number of hydrogen-bond donors (Lipinski definition) is 2. The highest BCUT2D eigenvalue weighted by Gasteiger charge is 2.18. The van der Waals surface area contributed by atoms with E-state index in [4.69, 9.17) is 16.3 Å². The van der Waals surface area contributed by atoms with Crippen LogP contribution in [0.2, 0.25) is 5.02 Å². The fourth-order valence-electron chi connectivity index (χ4n) is 4.40. The van der Waals surface area contributed by atoms with Crippen molar-refractivity contribution < 1.29 is 14.3 Å². The number of aryl methyl sites for hydroxylation is 2. The van der Waals surface area contributed by atoms with Crippen LogP contribution < -0.4 is 15.4 Å². The Kier molecular flexibility index (Phi) is 5.95. The number of carbonyl (C=O) groups is 2. The Morgan fingerprint density at radius 1 is 0.853 bits per heavy atom. The van der Waals surface area contributed by atoms with E-state index >= 15 is 0 Å². The third kappa shape index (κ3) is 4.22. The maximum atomic E-state index is 12.9. The highest BCUT2D eigenvalue weighted by molar-refractivity contribution is 6.31. The fraction of sp³-hybridized carbons (Fsp3) is 0.143. The molecule has 0 aliphatic heterocycles. The molecule has 0 unspecified atom stereocenters. The molecular weight excluding hydrogens is 448 g/mol. The van der Waals surface area contributed by atoms with Gasteiger partial charge in [0.05, 0.1) is 5.56 Å². The second-order valence-corrected chi connectivity index (χ2v) is 8.72. The van der Waals surface area contributed by atoms with Crippen LogP contribution in [0.15, 0.2) is 72.8 Å². The highest BCUT2D eigenvalue weighted by Crippen LogP contribution is 2.35. The molecule has 5 nitrogen and oxygen atoms in total. The van der Waals surface area contributed by atoms with Crippen molar-refractivity contribution in [3.05, 3.63) is 100 Å². The van der Waals surface area contributed by atoms with E-state index in [1.54, 1.807) is 42.5 Å². The van der Waals surface area contributed by atoms with E-state index in [1.807, 2.05) is 25.1 Å². The first-order valence-corrected chi connectivity index (χ1v) is 11.5. The molecule has 0 fully saturated rings. The minimum Gasteiger partial charge on any atom is -0.483 e. The van der Waals surface area contributed by atoms with Gasteiger partial charge in [-0.3, -0.25) is 9.59 Å². The SMILES string of the molecule is Cc1c(Cl)cccc1NC(=O)c1ccccc1OCC(=O)Nc1ccc2c3c(cccc13)CC2. The molecule has 0 atom stereocenters. The molecule has 0 saturated heterocycles. The largest absolute Gasteiger partial charge is 0.483 e. The monoisotopic (exact) mass is 470 g/mol. The Morgan fingerprint density at radius 3 is 2.47 bits per heavy atom. The highest BCUT2D eigenvalue weighted by atomic mass is 35.5. The molecule has 0 spiro atoms. The average Bonchev–Trinajstić information content (AvgIpc) is 3.27. The number of benzene rings is 4. The van der Waals surface area contributed by atoms with E-state index in [9.17, 15) is 9.59 Å². The molecule has 0 radical (unpaired) electrons. The van der Waals surface area contributed by atoms with E-state index < -0.39 is 0 Å². The summed E-state index contributed by atoms with van der Waals surface area (Å²) in [6, 6.07) is 22.4. The molecule has 6 heteroatoms. The van der Waals surface area contributed by atoms with Crippen molar-refractivity contribution in [1.82, 2.24) is 0 Å². The quantitative estimate of drug-likeness (QED) is 0.354. The molecule has 0 aromatic heterocycles. The Balaban J connectivity index is 1.29. The standard InChI is InChI=1S/C28H23ClN2O3/c1-17-22(29)9-5-10-23(17)31-28(33)21-7-2-3-11-25(21)34-16-26(32)30-24-15-14-19-13-12-18-6-4-8-20(24)27(18)19/h2-11,14-15H,12-13,16H2,1H3,(H,30,32)(H,31,33). The van der Waals surface area contributed by atoms with Gasteiger partial charge in [0, 0.05) is 21.8 Å². The normalized spacial score (nSPS) is 11.9. The lowest BCUT2D eigenvalue weighted by molar-refractivity contribution is -0.118. The van der Waals surface area contributed by atoms with Gasteiger partial charge in [-0.25, -0.2) is 0 Å². The zero-order chi connectivity index (χ0) is 23.7. The van der Waals surface area contributed by atoms with Crippen LogP contribution >= 0.6 is 11.6 Å². The second-order valence-electron chi connectivity index (χ2n) is 8.31. The van der Waals surface area contributed by atoms with Gasteiger partial charge in [-0.2, -0.15) is 0 Å². The number of hydrogen-bond acceptors (Lipinski definition) is 3. The smallest absolute Gasteiger partial charge is 0.262 e. The number of anilines is 2. The van der Waals surface area contributed by atoms with Crippen molar-refractivity contribution in [2.75, 3.05) is 17.2 Å². The molecule has 170 valence electrons. The molecule has 4 aromatic carbocycles. The lowest BCUT2D eigenvalue weighted by Crippen LogP contribution is -2.22. The first-order chi connectivity index (χ1) is 16.5. The first kappa shape index (κ1) is 22.0. The van der Waals surface area contributed by atoms with Crippen LogP contribution in [0.1, 0.15) is 27.0 Å². The Bertz CT molecular complexity index is 1420. The van der Waals surface area contributed by atoms with Crippen LogP contribution in [0.4, 0.5) is 11.4 Å². The molecule has 0 saturated carbocycles. The zero-order valence-corrected chi connectivity index (χ0v) is 19.4. The summed E-state index contributed by atoms with van der Waals surface area (Å²) in [5, 5.41) is 8.67. The van der Waals surface area contributed by atoms with Gasteiger partial charge in [0.2, 0.25) is 0 Å². The topological polar surface area (TPSA) is 67.4 Å². The van der Waals surface area contributed by atoms with E-state index in [0.29, 0.717) is 22.0 Å². The van der Waals surface area contributed by atoms with E-state index in [1.165, 1.54) is 16.5 Å². The first-order valence-electron chi connectivity index (χ1n) is 11.1. The molecule has 34 heavy (non-hydrogen) atoms. The molecule has 4 aromatic rings. The summed E-state index contributed by atoms with van der Waals surface area (Å²) in [5.74, 6) is -0.302. The summed E-state index contributed by atoms with van der Waals surface area (Å²) in [7, 11) is 0. The van der Waals surface area contributed by atoms with Crippen molar-refractivity contribution in [3.63, 3.8) is 0 Å². The van der Waals surface area contributed by atoms with Crippen LogP contribution in [-0.2, 0) is 17.6 Å². The van der Waals surface area contributed by atoms with Gasteiger partial charge in [0.15, 0.2) is 6.61 Å². The van der Waals surface area contributed by atoms with Crippen molar-refractivity contribution >= 4 is 45.6 Å². The van der Waals surface area contributed by atoms with Gasteiger partial charge in [-0.05, 0) is 72.2 Å². The summed E-state index contributed by atoms with van der Waals surface area (Å²) in [6.45, 7) is 1.62. The predicted octanol–water partition coefficient (Wildman–Crippen LogP) is 6.17. The number of rotatable bonds is 6. The molecule has 2 amide bonds. The van der Waals surface area contributed by atoms with Crippen LogP contribution in [0.3, 0.4) is 0 Å². The average molecular weight is 471 g/mol. The number of halogens is 1. The number of nitrogens with one attached hydrogen (secondary N) is 2. The number of ether oxygens (including phenoxy) is 1. The minimum atomic E-state index is -0.339. The van der Waals surface area contributed by atoms with Gasteiger partial charge < -0.3 is 15.4 Å². The molecule has 1 aliphatic rings. The fourth-order valence-corrected chi connectivity index (χ4v) is 4.57. The number of para-hydroxylation sites is 1. The van der Waals surface area contributed by atoms with Gasteiger partial charge in [0.25, 0.3) is 11.8 Å². The lowest BCUT2D eigenvalue weighted by atomic mass is 10.0. The molecule has 1 aliphatic carbocycles. The predicted molar refractivity (Wildman–Crippen MR) is 136 cm³/mol. The number of amides is 2. The van der Waals surface area contributed by atoms with Crippen molar-refractivity contribution in [2.24, 2.45) is 0 Å². The van der Waals surface area contributed by atoms with Crippen molar-refractivity contribution in [1.29, 1.82) is 0 Å². The summed E-state index contributed by atoms with van der Waals surface area (Å²) < 4.78 is 5.76. The van der Waals surface area contributed by atoms with Gasteiger partial charge >= 0.3 is 0 Å². The molecule has 2 N–H and O–H groups in total. The van der Waals surface area contributed by atoms with Crippen molar-refractivity contribution in [3.8, 4) is 5.75 Å². The second kappa shape index (κ2) is 9.20. The third-order valence-electron chi connectivity index (χ3n) is 6.16. The molecule has 0 heterocycles. The Morgan fingerprint density at radius 2 is 1.62 bits per heavy atom. The van der Waals surface area contributed by atoms with Crippen LogP contribution in [0.5, 0.6) is 5.75 Å². The lowest BCUT2D eigenvalue weighted by Gasteiger charge is -2.14. The maximum absolute atomic E-state index is 12.9. The van der Waals surface area contributed by atoms with Crippen LogP contribution in [-0.4, -0.2) is 18.4 Å². The van der Waals surface area contributed by atoms with Gasteiger partial charge in [-0.15, -0.1) is 0 Å². The number of carbonyl (C=O) groups excluding carboxylic acids is 2. The van der Waals surface area contributed by atoms with Crippen molar-refractivity contribution in [2.45, 2.75) is 19.8 Å². The third-order valence-corrected chi connectivity index (χ3v) is 6.57. The van der Waals surface area contributed by atoms with E-state index in [2.05, 4.69) is 22.8 Å². The summed E-state index contributed by atoms with van der Waals surface area (Å²) >= 11 is 6.16. The summed E-state index contributed by atoms with van der Waals surface area (Å²) in [4.78, 5) is 25.6. The zero-order valence-electron chi connectivity index (χ0n) is 18.7. The molecular formula is C28H23ClN2O3. The molecule has 0 bridgehead atoms. The van der Waals surface area contributed by atoms with Gasteiger partial charge in [0.1, 0.15) is 5.75 Å². The molecule has 5 rings (SSSR count). The maximum Gasteiger partial charge on any atom is 0.262 e. The summed E-state index contributed by atoms with van der Waals surface area (Å²) in [6.07, 6.45) is 2.06. The van der Waals surface area contributed by atoms with Gasteiger partial charge in [-0.1, -0.05) is 54.1 Å².